The van der Waals surface area contributed by atoms with Crippen LogP contribution in [-0.4, -0.2) is 41.5 Å². The van der Waals surface area contributed by atoms with Gasteiger partial charge in [-0.15, -0.1) is 0 Å². The second-order valence-corrected chi connectivity index (χ2v) is 5.87. The van der Waals surface area contributed by atoms with Crippen molar-refractivity contribution < 1.29 is 40.7 Å². The van der Waals surface area contributed by atoms with E-state index in [-0.39, 0.29) is 0 Å². The molecule has 0 atom stereocenters. The minimum atomic E-state index is -3.36. The molecule has 15 heavy (non-hydrogen) atoms. The zero-order valence-corrected chi connectivity index (χ0v) is 12.0. The third kappa shape index (κ3) is 4.62. The maximum atomic E-state index is 10.6. The van der Waals surface area contributed by atoms with E-state index in [1.165, 1.54) is 23.0 Å². The van der Waals surface area contributed by atoms with Gasteiger partial charge in [0.05, 0.1) is 0 Å². The number of halogens is 1. The fourth-order valence-electron chi connectivity index (χ4n) is 0.327. The van der Waals surface area contributed by atoms with Crippen molar-refractivity contribution in [2.75, 3.05) is 0 Å². The van der Waals surface area contributed by atoms with Gasteiger partial charge >= 0.3 is 105 Å². The van der Waals surface area contributed by atoms with E-state index >= 15 is 0 Å². The Balaban J connectivity index is 2.04. The van der Waals surface area contributed by atoms with Crippen LogP contribution in [0.25, 0.3) is 0 Å². The first-order valence-electron chi connectivity index (χ1n) is 2.87. The Labute approximate surface area is 105 Å². The maximum absolute atomic E-state index is 10.6. The third-order valence-electron chi connectivity index (χ3n) is 0.714. The van der Waals surface area contributed by atoms with Crippen LogP contribution >= 0.6 is 23.0 Å². The van der Waals surface area contributed by atoms with E-state index in [4.69, 9.17) is 0 Å². The molecule has 0 aromatic rings. The van der Waals surface area contributed by atoms with Crippen LogP contribution in [0.2, 0.25) is 0 Å². The van der Waals surface area contributed by atoms with Crippen LogP contribution in [-0.2, 0) is 26.3 Å². The second-order valence-electron chi connectivity index (χ2n) is 1.56. The first-order valence-corrected chi connectivity index (χ1v) is 8.01. The normalized spacial score (nSPS) is 14.1. The van der Waals surface area contributed by atoms with Crippen LogP contribution in [0.3, 0.4) is 0 Å². The number of hydrogen-bond donors (Lipinski definition) is 0. The third-order valence-corrected chi connectivity index (χ3v) is 4.55. The molecular weight excluding hydrogens is 532 g/mol. The molecule has 10 nitrogen and oxygen atoms in total. The Kier molecular flexibility index (Phi) is 5.04. The number of carbonyl (C=O) groups is 3. The minimum absolute atomic E-state index is 0.911. The van der Waals surface area contributed by atoms with E-state index < -0.39 is 41.5 Å². The molecule has 1 rings (SSSR count). The first kappa shape index (κ1) is 12.5. The number of carbonyl (C=O) groups excluding carboxylic acids is 3. The molecule has 1 aliphatic rings. The van der Waals surface area contributed by atoms with Gasteiger partial charge in [0, 0.05) is 0 Å². The molecule has 1 aliphatic heterocycles. The van der Waals surface area contributed by atoms with Gasteiger partial charge in [-0.05, 0) is 0 Å². The average molecular weight is 532 g/mol. The van der Waals surface area contributed by atoms with Crippen LogP contribution in [0.5, 0.6) is 0 Å². The van der Waals surface area contributed by atoms with Crippen LogP contribution in [0, 0.1) is 0 Å². The van der Waals surface area contributed by atoms with E-state index in [0.29, 0.717) is 0 Å². The van der Waals surface area contributed by atoms with Crippen molar-refractivity contribution in [3.63, 3.8) is 0 Å². The molecule has 12 heteroatoms. The predicted molar refractivity (Wildman–Crippen MR) is 43.6 cm³/mol. The van der Waals surface area contributed by atoms with Gasteiger partial charge in [-0.25, -0.2) is 0 Å². The van der Waals surface area contributed by atoms with Gasteiger partial charge in [0.1, 0.15) is 0 Å². The number of rotatable bonds is 3. The summed E-state index contributed by atoms with van der Waals surface area (Å²) in [5, 5.41) is 3.63. The summed E-state index contributed by atoms with van der Waals surface area (Å²) in [5.41, 5.74) is 0. The van der Waals surface area contributed by atoms with Crippen LogP contribution in [0.15, 0.2) is 0 Å². The van der Waals surface area contributed by atoms with Crippen molar-refractivity contribution in [1.29, 1.82) is 0 Å². The van der Waals surface area contributed by atoms with Crippen molar-refractivity contribution in [1.82, 2.24) is 0 Å². The van der Waals surface area contributed by atoms with Crippen molar-refractivity contribution in [2.45, 2.75) is 0 Å². The standard InChI is InChI=1S/C2HIO7.CH2O3.Bi/c3-7-2(6)9-10-8-1(4)5;2-1(3)4;/h(H,4,5);(H2,2,3,4);/q;;+3/p-3. The summed E-state index contributed by atoms with van der Waals surface area (Å²) in [6, 6.07) is 0. The summed E-state index contributed by atoms with van der Waals surface area (Å²) < 4.78 is 16.8. The SMILES string of the molecule is O=C(OI)OOOC(=O)[O][Bi]1[O]C(=O)[O]1. The molecule has 0 aromatic heterocycles. The van der Waals surface area contributed by atoms with Gasteiger partial charge in [0.25, 0.3) is 0 Å². The van der Waals surface area contributed by atoms with E-state index in [1.807, 2.05) is 0 Å². The average Bonchev–Trinajstić information content (AvgIpc) is 2.15. The Bertz CT molecular complexity index is 270. The first-order chi connectivity index (χ1) is 7.11. The van der Waals surface area contributed by atoms with Gasteiger partial charge < -0.3 is 0 Å². The molecule has 1 fully saturated rings. The molecule has 0 bridgehead atoms. The second kappa shape index (κ2) is 6.07. The molecule has 0 N–H and O–H groups in total. The molecule has 0 radical (unpaired) electrons. The van der Waals surface area contributed by atoms with E-state index in [9.17, 15) is 14.4 Å². The summed E-state index contributed by atoms with van der Waals surface area (Å²) in [6.45, 7) is 0. The Hall–Kier alpha value is -0.617. The summed E-state index contributed by atoms with van der Waals surface area (Å²) in [4.78, 5) is 38.4. The molecule has 0 unspecified atom stereocenters. The van der Waals surface area contributed by atoms with Crippen LogP contribution < -0.4 is 0 Å². The topological polar surface area (TPSA) is 116 Å². The van der Waals surface area contributed by atoms with Gasteiger partial charge in [-0.2, -0.15) is 0 Å². The fourth-order valence-corrected chi connectivity index (χ4v) is 2.28. The fraction of sp³-hybridized carbons (Fsp3) is 0. The predicted octanol–water partition coefficient (Wildman–Crippen LogP) is 0.641. The zero-order valence-electron chi connectivity index (χ0n) is 6.41. The Morgan fingerprint density at radius 3 is 2.33 bits per heavy atom. The van der Waals surface area contributed by atoms with Crippen molar-refractivity contribution in [3.05, 3.63) is 0 Å². The van der Waals surface area contributed by atoms with Crippen LogP contribution in [0.4, 0.5) is 14.4 Å². The Morgan fingerprint density at radius 2 is 1.80 bits per heavy atom. The zero-order chi connectivity index (χ0) is 11.3. The van der Waals surface area contributed by atoms with Crippen molar-refractivity contribution in [2.24, 2.45) is 0 Å². The summed E-state index contributed by atoms with van der Waals surface area (Å²) >= 11 is -2.15. The van der Waals surface area contributed by atoms with E-state index in [1.54, 1.807) is 0 Å². The van der Waals surface area contributed by atoms with E-state index in [2.05, 4.69) is 26.3 Å². The van der Waals surface area contributed by atoms with Crippen LogP contribution in [0.1, 0.15) is 0 Å². The molecule has 84 valence electrons. The van der Waals surface area contributed by atoms with Crippen molar-refractivity contribution >= 4 is 64.5 Å². The Morgan fingerprint density at radius 1 is 1.20 bits per heavy atom. The molecule has 1 saturated heterocycles. The molecule has 0 aliphatic carbocycles. The molecule has 0 aromatic carbocycles. The molecule has 0 amide bonds. The molecular formula is C3BiIO10. The van der Waals surface area contributed by atoms with E-state index in [0.717, 1.165) is 0 Å². The van der Waals surface area contributed by atoms with Gasteiger partial charge in [0.15, 0.2) is 0 Å². The molecule has 1 heterocycles. The quantitative estimate of drug-likeness (QED) is 0.222. The van der Waals surface area contributed by atoms with Gasteiger partial charge in [-0.3, -0.25) is 0 Å². The molecule has 0 saturated carbocycles. The summed E-state index contributed by atoms with van der Waals surface area (Å²) in [7, 11) is 0. The van der Waals surface area contributed by atoms with Gasteiger partial charge in [-0.1, -0.05) is 0 Å². The van der Waals surface area contributed by atoms with Crippen molar-refractivity contribution in [3.8, 4) is 0 Å². The van der Waals surface area contributed by atoms with Gasteiger partial charge in [0.2, 0.25) is 0 Å². The monoisotopic (exact) mass is 532 g/mol. The number of hydrogen-bond acceptors (Lipinski definition) is 10. The summed E-state index contributed by atoms with van der Waals surface area (Å²) in [5.74, 6) is 0. The molecule has 0 spiro atoms. The summed E-state index contributed by atoms with van der Waals surface area (Å²) in [6.07, 6.45) is -3.51.